The molecular formula is C17H20BrFN2. The lowest BCUT2D eigenvalue weighted by Gasteiger charge is -2.18. The molecule has 0 aliphatic carbocycles. The quantitative estimate of drug-likeness (QED) is 0.617. The summed E-state index contributed by atoms with van der Waals surface area (Å²) in [7, 11) is 0. The molecule has 2 nitrogen and oxygen atoms in total. The smallest absolute Gasteiger partial charge is 0.129 e. The van der Waals surface area contributed by atoms with Gasteiger partial charge in [-0.25, -0.2) is 4.39 Å². The molecule has 0 aliphatic rings. The molecule has 0 spiro atoms. The highest BCUT2D eigenvalue weighted by Crippen LogP contribution is 2.24. The fraction of sp³-hybridized carbons (Fsp3) is 0.294. The van der Waals surface area contributed by atoms with Crippen molar-refractivity contribution in [3.8, 4) is 0 Å². The standard InChI is InChI=1S/C17H20BrFN2/c1-11(2)13-5-3-12(4-6-13)9-17(21-20)15-8-7-14(18)10-16(15)19/h3-8,10-11,17,21H,9,20H2,1-2H3. The summed E-state index contributed by atoms with van der Waals surface area (Å²) >= 11 is 3.26. The number of halogens is 2. The van der Waals surface area contributed by atoms with Crippen LogP contribution in [0, 0.1) is 5.82 Å². The summed E-state index contributed by atoms with van der Waals surface area (Å²) in [5.74, 6) is 5.86. The van der Waals surface area contributed by atoms with Crippen LogP contribution in [0.25, 0.3) is 0 Å². The zero-order chi connectivity index (χ0) is 15.4. The highest BCUT2D eigenvalue weighted by atomic mass is 79.9. The number of hydrazine groups is 1. The Kier molecular flexibility index (Phi) is 5.51. The van der Waals surface area contributed by atoms with E-state index in [-0.39, 0.29) is 11.9 Å². The summed E-state index contributed by atoms with van der Waals surface area (Å²) in [5.41, 5.74) is 5.71. The molecule has 2 rings (SSSR count). The lowest BCUT2D eigenvalue weighted by molar-refractivity contribution is 0.510. The normalized spacial score (nSPS) is 12.7. The van der Waals surface area contributed by atoms with Crippen LogP contribution < -0.4 is 11.3 Å². The highest BCUT2D eigenvalue weighted by Gasteiger charge is 2.15. The second-order valence-electron chi connectivity index (χ2n) is 5.49. The van der Waals surface area contributed by atoms with Gasteiger partial charge < -0.3 is 0 Å². The molecule has 0 amide bonds. The number of benzene rings is 2. The first kappa shape index (κ1) is 16.1. The van der Waals surface area contributed by atoms with E-state index in [0.29, 0.717) is 17.9 Å². The van der Waals surface area contributed by atoms with E-state index < -0.39 is 0 Å². The number of rotatable bonds is 5. The van der Waals surface area contributed by atoms with Crippen molar-refractivity contribution in [3.63, 3.8) is 0 Å². The second-order valence-corrected chi connectivity index (χ2v) is 6.40. The van der Waals surface area contributed by atoms with Crippen molar-refractivity contribution in [2.75, 3.05) is 0 Å². The zero-order valence-electron chi connectivity index (χ0n) is 12.2. The Morgan fingerprint density at radius 3 is 2.33 bits per heavy atom. The third kappa shape index (κ3) is 4.13. The van der Waals surface area contributed by atoms with Gasteiger partial charge in [0.25, 0.3) is 0 Å². The monoisotopic (exact) mass is 350 g/mol. The van der Waals surface area contributed by atoms with Crippen LogP contribution in [0.3, 0.4) is 0 Å². The predicted octanol–water partition coefficient (Wildman–Crippen LogP) is 4.46. The van der Waals surface area contributed by atoms with Crippen molar-refractivity contribution in [2.24, 2.45) is 5.84 Å². The number of nitrogens with two attached hydrogens (primary N) is 1. The number of hydrogen-bond donors (Lipinski definition) is 2. The van der Waals surface area contributed by atoms with Gasteiger partial charge in [0.2, 0.25) is 0 Å². The van der Waals surface area contributed by atoms with Gasteiger partial charge >= 0.3 is 0 Å². The van der Waals surface area contributed by atoms with Gasteiger partial charge in [-0.15, -0.1) is 0 Å². The molecule has 4 heteroatoms. The van der Waals surface area contributed by atoms with Crippen molar-refractivity contribution in [2.45, 2.75) is 32.2 Å². The van der Waals surface area contributed by atoms with Crippen molar-refractivity contribution in [1.29, 1.82) is 0 Å². The minimum Gasteiger partial charge on any atom is -0.271 e. The van der Waals surface area contributed by atoms with Gasteiger partial charge in [-0.1, -0.05) is 60.1 Å². The third-order valence-corrected chi connectivity index (χ3v) is 4.12. The summed E-state index contributed by atoms with van der Waals surface area (Å²) in [6, 6.07) is 13.2. The Morgan fingerprint density at radius 2 is 1.81 bits per heavy atom. The molecule has 0 bridgehead atoms. The Bertz CT molecular complexity index is 596. The molecular weight excluding hydrogens is 331 g/mol. The summed E-state index contributed by atoms with van der Waals surface area (Å²) in [6.07, 6.45) is 0.646. The van der Waals surface area contributed by atoms with Gasteiger partial charge in [0.15, 0.2) is 0 Å². The van der Waals surface area contributed by atoms with Crippen LogP contribution in [0.15, 0.2) is 46.9 Å². The Labute approximate surface area is 133 Å². The molecule has 0 radical (unpaired) electrons. The fourth-order valence-electron chi connectivity index (χ4n) is 2.32. The first-order valence-corrected chi connectivity index (χ1v) is 7.80. The SMILES string of the molecule is CC(C)c1ccc(CC(NN)c2ccc(Br)cc2F)cc1. The molecule has 0 aromatic heterocycles. The number of nitrogens with one attached hydrogen (secondary N) is 1. The van der Waals surface area contributed by atoms with Gasteiger partial charge in [-0.05, 0) is 35.6 Å². The van der Waals surface area contributed by atoms with Crippen molar-refractivity contribution >= 4 is 15.9 Å². The largest absolute Gasteiger partial charge is 0.271 e. The minimum atomic E-state index is -0.258. The lowest BCUT2D eigenvalue weighted by Crippen LogP contribution is -2.30. The maximum atomic E-state index is 14.0. The topological polar surface area (TPSA) is 38.0 Å². The molecule has 0 fully saturated rings. The summed E-state index contributed by atoms with van der Waals surface area (Å²) in [6.45, 7) is 4.33. The van der Waals surface area contributed by atoms with E-state index in [1.807, 2.05) is 6.07 Å². The van der Waals surface area contributed by atoms with Crippen LogP contribution in [0.4, 0.5) is 4.39 Å². The van der Waals surface area contributed by atoms with E-state index >= 15 is 0 Å². The van der Waals surface area contributed by atoms with Gasteiger partial charge in [0, 0.05) is 10.0 Å². The molecule has 3 N–H and O–H groups in total. The van der Waals surface area contributed by atoms with Gasteiger partial charge in [0.05, 0.1) is 6.04 Å². The van der Waals surface area contributed by atoms with Crippen LogP contribution in [0.2, 0.25) is 0 Å². The highest BCUT2D eigenvalue weighted by molar-refractivity contribution is 9.10. The minimum absolute atomic E-state index is 0.247. The van der Waals surface area contributed by atoms with Crippen LogP contribution in [0.1, 0.15) is 42.5 Å². The summed E-state index contributed by atoms with van der Waals surface area (Å²) in [4.78, 5) is 0. The van der Waals surface area contributed by atoms with E-state index in [0.717, 1.165) is 10.0 Å². The van der Waals surface area contributed by atoms with Gasteiger partial charge in [-0.3, -0.25) is 11.3 Å². The molecule has 2 aromatic rings. The lowest BCUT2D eigenvalue weighted by atomic mass is 9.96. The molecule has 1 unspecified atom stereocenters. The molecule has 0 saturated heterocycles. The Balaban J connectivity index is 2.18. The molecule has 0 heterocycles. The first-order valence-electron chi connectivity index (χ1n) is 7.01. The molecule has 112 valence electrons. The van der Waals surface area contributed by atoms with Crippen LogP contribution in [-0.2, 0) is 6.42 Å². The molecule has 2 aromatic carbocycles. The van der Waals surface area contributed by atoms with Gasteiger partial charge in [-0.2, -0.15) is 0 Å². The van der Waals surface area contributed by atoms with Crippen molar-refractivity contribution < 1.29 is 4.39 Å². The van der Waals surface area contributed by atoms with Crippen LogP contribution in [0.5, 0.6) is 0 Å². The third-order valence-electron chi connectivity index (χ3n) is 3.63. The first-order chi connectivity index (χ1) is 10.0. The Hall–Kier alpha value is -1.23. The van der Waals surface area contributed by atoms with E-state index in [9.17, 15) is 4.39 Å². The maximum Gasteiger partial charge on any atom is 0.129 e. The number of hydrogen-bond acceptors (Lipinski definition) is 2. The van der Waals surface area contributed by atoms with E-state index in [4.69, 9.17) is 5.84 Å². The zero-order valence-corrected chi connectivity index (χ0v) is 13.8. The van der Waals surface area contributed by atoms with E-state index in [2.05, 4.69) is 59.5 Å². The molecule has 21 heavy (non-hydrogen) atoms. The Morgan fingerprint density at radius 1 is 1.14 bits per heavy atom. The molecule has 1 atom stereocenters. The second kappa shape index (κ2) is 7.16. The predicted molar refractivity (Wildman–Crippen MR) is 88.4 cm³/mol. The molecule has 0 saturated carbocycles. The summed E-state index contributed by atoms with van der Waals surface area (Å²) in [5, 5.41) is 0. The van der Waals surface area contributed by atoms with E-state index in [1.54, 1.807) is 6.07 Å². The van der Waals surface area contributed by atoms with Crippen molar-refractivity contribution in [3.05, 3.63) is 69.4 Å². The fourth-order valence-corrected chi connectivity index (χ4v) is 2.65. The average molecular weight is 351 g/mol. The van der Waals surface area contributed by atoms with E-state index in [1.165, 1.54) is 11.6 Å². The molecule has 0 aliphatic heterocycles. The van der Waals surface area contributed by atoms with Crippen LogP contribution >= 0.6 is 15.9 Å². The van der Waals surface area contributed by atoms with Crippen LogP contribution in [-0.4, -0.2) is 0 Å². The maximum absolute atomic E-state index is 14.0. The average Bonchev–Trinajstić information content (AvgIpc) is 2.46. The summed E-state index contributed by atoms with van der Waals surface area (Å²) < 4.78 is 14.8. The van der Waals surface area contributed by atoms with Crippen molar-refractivity contribution in [1.82, 2.24) is 5.43 Å². The van der Waals surface area contributed by atoms with Gasteiger partial charge in [0.1, 0.15) is 5.82 Å².